The van der Waals surface area contributed by atoms with Crippen LogP contribution < -0.4 is 10.1 Å². The van der Waals surface area contributed by atoms with Crippen LogP contribution in [0.1, 0.15) is 27.7 Å². The highest BCUT2D eigenvalue weighted by Gasteiger charge is 2.68. The molecule has 1 fully saturated rings. The number of ether oxygens (including phenoxy) is 1. The Bertz CT molecular complexity index is 704. The molecule has 2 aromatic rings. The van der Waals surface area contributed by atoms with E-state index >= 15 is 0 Å². The van der Waals surface area contributed by atoms with E-state index in [0.29, 0.717) is 5.13 Å². The molecule has 1 aliphatic carbocycles. The summed E-state index contributed by atoms with van der Waals surface area (Å²) in [4.78, 5) is 16.9. The van der Waals surface area contributed by atoms with Gasteiger partial charge in [0.05, 0.1) is 17.3 Å². The number of thiazole rings is 1. The van der Waals surface area contributed by atoms with Gasteiger partial charge >= 0.3 is 0 Å². The molecule has 0 bridgehead atoms. The third kappa shape index (κ3) is 2.11. The van der Waals surface area contributed by atoms with Gasteiger partial charge in [0.25, 0.3) is 0 Å². The average molecular weight is 304 g/mol. The van der Waals surface area contributed by atoms with Gasteiger partial charge in [0.15, 0.2) is 5.13 Å². The number of hydrogen-bond donors (Lipinski definition) is 1. The van der Waals surface area contributed by atoms with Crippen LogP contribution in [-0.2, 0) is 4.79 Å². The lowest BCUT2D eigenvalue weighted by Crippen LogP contribution is -2.17. The number of rotatable bonds is 3. The molecule has 3 rings (SSSR count). The zero-order valence-corrected chi connectivity index (χ0v) is 13.8. The third-order valence-corrected chi connectivity index (χ3v) is 6.04. The molecule has 1 aromatic heterocycles. The van der Waals surface area contributed by atoms with Gasteiger partial charge in [-0.2, -0.15) is 0 Å². The Morgan fingerprint density at radius 1 is 1.29 bits per heavy atom. The molecule has 112 valence electrons. The highest BCUT2D eigenvalue weighted by Crippen LogP contribution is 2.68. The average Bonchev–Trinajstić information content (AvgIpc) is 2.71. The molecule has 0 spiro atoms. The molecule has 1 amide bonds. The molecule has 4 nitrogen and oxygen atoms in total. The zero-order valence-electron chi connectivity index (χ0n) is 13.0. The van der Waals surface area contributed by atoms with Gasteiger partial charge in [0, 0.05) is 5.92 Å². The first-order valence-corrected chi connectivity index (χ1v) is 7.84. The number of nitrogens with zero attached hydrogens (tertiary/aromatic N) is 1. The molecular formula is C16H20N2O2S. The van der Waals surface area contributed by atoms with Crippen LogP contribution in [0.15, 0.2) is 18.2 Å². The van der Waals surface area contributed by atoms with Gasteiger partial charge in [-0.1, -0.05) is 39.0 Å². The number of anilines is 1. The smallest absolute Gasteiger partial charge is 0.230 e. The lowest BCUT2D eigenvalue weighted by Gasteiger charge is -2.03. The molecule has 1 N–H and O–H groups in total. The van der Waals surface area contributed by atoms with Crippen LogP contribution in [0.4, 0.5) is 5.13 Å². The van der Waals surface area contributed by atoms with Crippen LogP contribution in [-0.4, -0.2) is 18.0 Å². The number of fused-ring (bicyclic) bond motifs is 1. The first kappa shape index (κ1) is 14.3. The van der Waals surface area contributed by atoms with Crippen molar-refractivity contribution < 1.29 is 9.53 Å². The summed E-state index contributed by atoms with van der Waals surface area (Å²) in [5, 5.41) is 3.62. The van der Waals surface area contributed by atoms with Crippen molar-refractivity contribution in [1.82, 2.24) is 4.98 Å². The van der Waals surface area contributed by atoms with Crippen molar-refractivity contribution in [2.24, 2.45) is 16.7 Å². The molecule has 21 heavy (non-hydrogen) atoms. The minimum atomic E-state index is 0.0338. The highest BCUT2D eigenvalue weighted by molar-refractivity contribution is 7.22. The van der Waals surface area contributed by atoms with E-state index in [9.17, 15) is 4.79 Å². The van der Waals surface area contributed by atoms with Crippen LogP contribution in [0.3, 0.4) is 0 Å². The Morgan fingerprint density at radius 3 is 2.52 bits per heavy atom. The fourth-order valence-electron chi connectivity index (χ4n) is 3.11. The lowest BCUT2D eigenvalue weighted by atomic mass is 10.0. The topological polar surface area (TPSA) is 51.2 Å². The second kappa shape index (κ2) is 4.44. The van der Waals surface area contributed by atoms with Gasteiger partial charge in [0.1, 0.15) is 5.75 Å². The predicted molar refractivity (Wildman–Crippen MR) is 85.9 cm³/mol. The van der Waals surface area contributed by atoms with Crippen molar-refractivity contribution in [2.45, 2.75) is 27.7 Å². The fourth-order valence-corrected chi connectivity index (χ4v) is 4.01. The highest BCUT2D eigenvalue weighted by atomic mass is 32.1. The summed E-state index contributed by atoms with van der Waals surface area (Å²) in [7, 11) is 1.64. The first-order valence-electron chi connectivity index (χ1n) is 7.03. The molecule has 1 aromatic carbocycles. The van der Waals surface area contributed by atoms with Crippen LogP contribution in [0.5, 0.6) is 5.75 Å². The Morgan fingerprint density at radius 2 is 1.95 bits per heavy atom. The second-order valence-electron chi connectivity index (χ2n) is 6.72. The number of benzene rings is 1. The Balaban J connectivity index is 1.81. The number of nitrogens with one attached hydrogen (secondary N) is 1. The molecule has 1 heterocycles. The van der Waals surface area contributed by atoms with E-state index in [4.69, 9.17) is 4.74 Å². The molecule has 0 unspecified atom stereocenters. The standard InChI is InChI=1S/C16H20N2O2S/c1-15(2)12(16(15,3)4)13(19)18-14-17-10-7-6-9(20-5)8-11(10)21-14/h6-8,12H,1-5H3,(H,17,18,19). The van der Waals surface area contributed by atoms with Crippen LogP contribution in [0.2, 0.25) is 0 Å². The summed E-state index contributed by atoms with van der Waals surface area (Å²) >= 11 is 1.48. The van der Waals surface area contributed by atoms with Gasteiger partial charge in [0.2, 0.25) is 5.91 Å². The lowest BCUT2D eigenvalue weighted by molar-refractivity contribution is -0.118. The van der Waals surface area contributed by atoms with E-state index in [1.54, 1.807) is 7.11 Å². The van der Waals surface area contributed by atoms with E-state index in [2.05, 4.69) is 38.0 Å². The van der Waals surface area contributed by atoms with Crippen molar-refractivity contribution in [3.63, 3.8) is 0 Å². The number of hydrogen-bond acceptors (Lipinski definition) is 4. The molecule has 0 aliphatic heterocycles. The zero-order chi connectivity index (χ0) is 15.4. The molecule has 5 heteroatoms. The third-order valence-electron chi connectivity index (χ3n) is 5.11. The summed E-state index contributed by atoms with van der Waals surface area (Å²) in [6.45, 7) is 8.56. The molecule has 1 saturated carbocycles. The van der Waals surface area contributed by atoms with E-state index in [1.807, 2.05) is 18.2 Å². The van der Waals surface area contributed by atoms with Gasteiger partial charge in [-0.15, -0.1) is 0 Å². The minimum Gasteiger partial charge on any atom is -0.497 e. The minimum absolute atomic E-state index is 0.0338. The normalized spacial score (nSPS) is 19.5. The van der Waals surface area contributed by atoms with Crippen LogP contribution >= 0.6 is 11.3 Å². The largest absolute Gasteiger partial charge is 0.497 e. The van der Waals surface area contributed by atoms with Gasteiger partial charge in [-0.3, -0.25) is 4.79 Å². The Hall–Kier alpha value is -1.62. The fraction of sp³-hybridized carbons (Fsp3) is 0.500. The van der Waals surface area contributed by atoms with Crippen molar-refractivity contribution in [2.75, 3.05) is 12.4 Å². The van der Waals surface area contributed by atoms with Crippen molar-refractivity contribution in [3.05, 3.63) is 18.2 Å². The number of carbonyl (C=O) groups excluding carboxylic acids is 1. The molecular weight excluding hydrogens is 284 g/mol. The summed E-state index contributed by atoms with van der Waals surface area (Å²) < 4.78 is 6.22. The Kier molecular flexibility index (Phi) is 3.03. The van der Waals surface area contributed by atoms with Crippen LogP contribution in [0.25, 0.3) is 10.2 Å². The van der Waals surface area contributed by atoms with Crippen molar-refractivity contribution >= 4 is 32.6 Å². The quantitative estimate of drug-likeness (QED) is 0.935. The SMILES string of the molecule is COc1ccc2nc(NC(=O)C3C(C)(C)C3(C)C)sc2c1. The van der Waals surface area contributed by atoms with E-state index in [1.165, 1.54) is 11.3 Å². The number of amides is 1. The molecule has 1 aliphatic rings. The summed E-state index contributed by atoms with van der Waals surface area (Å²) in [5.74, 6) is 0.899. The molecule has 0 atom stereocenters. The monoisotopic (exact) mass is 304 g/mol. The van der Waals surface area contributed by atoms with Crippen molar-refractivity contribution in [1.29, 1.82) is 0 Å². The number of aromatic nitrogens is 1. The summed E-state index contributed by atoms with van der Waals surface area (Å²) in [6, 6.07) is 5.72. The summed E-state index contributed by atoms with van der Waals surface area (Å²) in [5.41, 5.74) is 0.957. The van der Waals surface area contributed by atoms with Crippen LogP contribution in [0, 0.1) is 16.7 Å². The van der Waals surface area contributed by atoms with E-state index in [-0.39, 0.29) is 22.7 Å². The van der Waals surface area contributed by atoms with Crippen molar-refractivity contribution in [3.8, 4) is 5.75 Å². The molecule has 0 radical (unpaired) electrons. The maximum atomic E-state index is 12.4. The Labute approximate surface area is 128 Å². The number of carbonyl (C=O) groups is 1. The van der Waals surface area contributed by atoms with Gasteiger partial charge in [-0.25, -0.2) is 4.98 Å². The van der Waals surface area contributed by atoms with E-state index in [0.717, 1.165) is 16.0 Å². The predicted octanol–water partition coefficient (Wildman–Crippen LogP) is 3.93. The first-order chi connectivity index (χ1) is 9.77. The molecule has 0 saturated heterocycles. The van der Waals surface area contributed by atoms with E-state index < -0.39 is 0 Å². The van der Waals surface area contributed by atoms with Gasteiger partial charge < -0.3 is 10.1 Å². The number of methoxy groups -OCH3 is 1. The summed E-state index contributed by atoms with van der Waals surface area (Å²) in [6.07, 6.45) is 0. The maximum absolute atomic E-state index is 12.4. The second-order valence-corrected chi connectivity index (χ2v) is 7.75. The maximum Gasteiger partial charge on any atom is 0.230 e. The van der Waals surface area contributed by atoms with Gasteiger partial charge in [-0.05, 0) is 29.0 Å².